The predicted octanol–water partition coefficient (Wildman–Crippen LogP) is 0.654. The van der Waals surface area contributed by atoms with Crippen molar-refractivity contribution in [1.82, 2.24) is 9.13 Å². The summed E-state index contributed by atoms with van der Waals surface area (Å²) in [5, 5.41) is 0. The van der Waals surface area contributed by atoms with Gasteiger partial charge in [0.2, 0.25) is 5.91 Å². The molecule has 1 amide bonds. The molecule has 0 saturated carbocycles. The second kappa shape index (κ2) is 5.32. The van der Waals surface area contributed by atoms with Crippen LogP contribution in [0, 0.1) is 6.92 Å². The summed E-state index contributed by atoms with van der Waals surface area (Å²) in [6.07, 6.45) is 1.13. The van der Waals surface area contributed by atoms with Crippen LogP contribution in [0.3, 0.4) is 0 Å². The van der Waals surface area contributed by atoms with Crippen LogP contribution in [-0.2, 0) is 16.6 Å². The van der Waals surface area contributed by atoms with Gasteiger partial charge in [0, 0.05) is 13.5 Å². The van der Waals surface area contributed by atoms with Crippen molar-refractivity contribution >= 4 is 23.2 Å². The third-order valence-corrected chi connectivity index (χ3v) is 3.44. The van der Waals surface area contributed by atoms with Gasteiger partial charge in [-0.25, -0.2) is 4.79 Å². The highest BCUT2D eigenvalue weighted by Crippen LogP contribution is 2.20. The molecule has 1 heterocycles. The van der Waals surface area contributed by atoms with E-state index >= 15 is 0 Å². The molecule has 0 saturated heterocycles. The number of carbonyl (C=O) groups is 2. The molecule has 106 valence electrons. The summed E-state index contributed by atoms with van der Waals surface area (Å²) in [4.78, 5) is 34.5. The van der Waals surface area contributed by atoms with Gasteiger partial charge in [-0.15, -0.1) is 0 Å². The lowest BCUT2D eigenvalue weighted by molar-refractivity contribution is -0.121. The molecule has 2 N–H and O–H groups in total. The molecule has 0 aliphatic carbocycles. The van der Waals surface area contributed by atoms with Crippen molar-refractivity contribution in [3.05, 3.63) is 34.2 Å². The topological polar surface area (TPSA) is 87.1 Å². The smallest absolute Gasteiger partial charge is 0.329 e. The Labute approximate surface area is 115 Å². The summed E-state index contributed by atoms with van der Waals surface area (Å²) in [5.41, 5.74) is 7.50. The number of nitrogens with zero attached hydrogens (tertiary/aromatic N) is 2. The van der Waals surface area contributed by atoms with Crippen LogP contribution in [0.2, 0.25) is 0 Å². The Bertz CT molecular complexity index is 727. The maximum Gasteiger partial charge on any atom is 0.329 e. The number of nitrogens with two attached hydrogens (primary N) is 1. The number of imidazole rings is 1. The van der Waals surface area contributed by atoms with Crippen molar-refractivity contribution in [3.63, 3.8) is 0 Å². The fourth-order valence-electron chi connectivity index (χ4n) is 2.40. The number of carbonyl (C=O) groups excluding carboxylic acids is 2. The van der Waals surface area contributed by atoms with Gasteiger partial charge in [-0.2, -0.15) is 0 Å². The summed E-state index contributed by atoms with van der Waals surface area (Å²) in [6.45, 7) is 1.93. The maximum absolute atomic E-state index is 12.3. The lowest BCUT2D eigenvalue weighted by atomic mass is 10.1. The highest BCUT2D eigenvalue weighted by Gasteiger charge is 2.23. The summed E-state index contributed by atoms with van der Waals surface area (Å²) in [5.74, 6) is -0.609. The van der Waals surface area contributed by atoms with Gasteiger partial charge in [-0.1, -0.05) is 6.07 Å². The lowest BCUT2D eigenvalue weighted by Crippen LogP contribution is -2.34. The van der Waals surface area contributed by atoms with E-state index in [4.69, 9.17) is 5.73 Å². The van der Waals surface area contributed by atoms with Crippen LogP contribution >= 0.6 is 0 Å². The molecule has 0 fully saturated rings. The molecule has 1 aromatic carbocycles. The first-order chi connectivity index (χ1) is 9.47. The molecule has 1 atom stereocenters. The van der Waals surface area contributed by atoms with Crippen LogP contribution in [-0.4, -0.2) is 21.3 Å². The fourth-order valence-corrected chi connectivity index (χ4v) is 2.40. The van der Waals surface area contributed by atoms with E-state index in [1.807, 2.05) is 19.1 Å². The van der Waals surface area contributed by atoms with Crippen LogP contribution in [0.5, 0.6) is 0 Å². The minimum Gasteiger partial charge on any atom is -0.368 e. The Kier molecular flexibility index (Phi) is 3.74. The number of aromatic nitrogens is 2. The molecule has 0 aliphatic rings. The molecule has 0 spiro atoms. The van der Waals surface area contributed by atoms with Gasteiger partial charge in [0.1, 0.15) is 12.3 Å². The number of aldehydes is 1. The summed E-state index contributed by atoms with van der Waals surface area (Å²) < 4.78 is 2.86. The van der Waals surface area contributed by atoms with E-state index < -0.39 is 11.9 Å². The summed E-state index contributed by atoms with van der Waals surface area (Å²) in [7, 11) is 1.65. The molecule has 1 unspecified atom stereocenters. The largest absolute Gasteiger partial charge is 0.368 e. The number of fused-ring (bicyclic) bond motifs is 1. The van der Waals surface area contributed by atoms with E-state index in [1.165, 1.54) is 9.13 Å². The number of rotatable bonds is 5. The number of amides is 1. The van der Waals surface area contributed by atoms with Crippen LogP contribution in [0.4, 0.5) is 0 Å². The van der Waals surface area contributed by atoms with Gasteiger partial charge in [0.15, 0.2) is 0 Å². The third kappa shape index (κ3) is 2.24. The van der Waals surface area contributed by atoms with Crippen LogP contribution < -0.4 is 11.4 Å². The maximum atomic E-state index is 12.3. The molecule has 2 rings (SSSR count). The minimum absolute atomic E-state index is 0.183. The van der Waals surface area contributed by atoms with Crippen molar-refractivity contribution in [2.75, 3.05) is 0 Å². The van der Waals surface area contributed by atoms with Crippen molar-refractivity contribution in [3.8, 4) is 0 Å². The van der Waals surface area contributed by atoms with Gasteiger partial charge in [-0.05, 0) is 31.0 Å². The molecule has 0 radical (unpaired) electrons. The summed E-state index contributed by atoms with van der Waals surface area (Å²) in [6, 6.07) is 4.74. The highest BCUT2D eigenvalue weighted by molar-refractivity contribution is 5.83. The van der Waals surface area contributed by atoms with E-state index in [0.29, 0.717) is 5.52 Å². The SMILES string of the molecule is Cc1ccc2c(c1)n(C)c(=O)n2C(CCC=O)C(N)=O. The van der Waals surface area contributed by atoms with Gasteiger partial charge >= 0.3 is 5.69 Å². The van der Waals surface area contributed by atoms with E-state index in [9.17, 15) is 14.4 Å². The normalized spacial score (nSPS) is 12.5. The molecule has 6 heteroatoms. The standard InChI is InChI=1S/C14H17N3O3/c1-9-5-6-10-12(8-9)16(2)14(20)17(10)11(13(15)19)4-3-7-18/h5-8,11H,3-4H2,1-2H3,(H2,15,19). The zero-order valence-corrected chi connectivity index (χ0v) is 11.5. The molecular formula is C14H17N3O3. The quantitative estimate of drug-likeness (QED) is 0.813. The minimum atomic E-state index is -0.806. The van der Waals surface area contributed by atoms with E-state index in [1.54, 1.807) is 13.1 Å². The van der Waals surface area contributed by atoms with E-state index in [-0.39, 0.29) is 18.5 Å². The number of benzene rings is 1. The average molecular weight is 275 g/mol. The van der Waals surface area contributed by atoms with Crippen LogP contribution in [0.1, 0.15) is 24.4 Å². The van der Waals surface area contributed by atoms with Crippen LogP contribution in [0.25, 0.3) is 11.0 Å². The number of hydrogen-bond donors (Lipinski definition) is 1. The van der Waals surface area contributed by atoms with Crippen molar-refractivity contribution in [1.29, 1.82) is 0 Å². The fraction of sp³-hybridized carbons (Fsp3) is 0.357. The lowest BCUT2D eigenvalue weighted by Gasteiger charge is -2.13. The zero-order valence-electron chi connectivity index (χ0n) is 11.5. The van der Waals surface area contributed by atoms with Gasteiger partial charge in [-0.3, -0.25) is 13.9 Å². The Morgan fingerprint density at radius 1 is 1.40 bits per heavy atom. The number of primary amides is 1. The Hall–Kier alpha value is -2.37. The van der Waals surface area contributed by atoms with E-state index in [0.717, 1.165) is 17.4 Å². The predicted molar refractivity (Wildman–Crippen MR) is 75.4 cm³/mol. The van der Waals surface area contributed by atoms with Crippen molar-refractivity contribution in [2.24, 2.45) is 12.8 Å². The van der Waals surface area contributed by atoms with Crippen LogP contribution in [0.15, 0.2) is 23.0 Å². The molecule has 20 heavy (non-hydrogen) atoms. The van der Waals surface area contributed by atoms with Crippen molar-refractivity contribution in [2.45, 2.75) is 25.8 Å². The van der Waals surface area contributed by atoms with Gasteiger partial charge in [0.25, 0.3) is 0 Å². The molecule has 1 aromatic heterocycles. The summed E-state index contributed by atoms with van der Waals surface area (Å²) >= 11 is 0. The first-order valence-corrected chi connectivity index (χ1v) is 6.38. The Balaban J connectivity index is 2.68. The average Bonchev–Trinajstić information content (AvgIpc) is 2.64. The highest BCUT2D eigenvalue weighted by atomic mass is 16.2. The first-order valence-electron chi connectivity index (χ1n) is 6.38. The Morgan fingerprint density at radius 2 is 2.10 bits per heavy atom. The molecule has 0 bridgehead atoms. The molecule has 6 nitrogen and oxygen atoms in total. The van der Waals surface area contributed by atoms with Gasteiger partial charge in [0.05, 0.1) is 11.0 Å². The monoisotopic (exact) mass is 275 g/mol. The second-order valence-electron chi connectivity index (χ2n) is 4.87. The first kappa shape index (κ1) is 14.0. The molecule has 0 aliphatic heterocycles. The number of hydrogen-bond acceptors (Lipinski definition) is 3. The van der Waals surface area contributed by atoms with Gasteiger partial charge < -0.3 is 10.5 Å². The zero-order chi connectivity index (χ0) is 14.9. The molecule has 2 aromatic rings. The van der Waals surface area contributed by atoms with E-state index in [2.05, 4.69) is 0 Å². The Morgan fingerprint density at radius 3 is 2.70 bits per heavy atom. The molecular weight excluding hydrogens is 258 g/mol. The second-order valence-corrected chi connectivity index (χ2v) is 4.87. The van der Waals surface area contributed by atoms with Crippen molar-refractivity contribution < 1.29 is 9.59 Å². The number of aryl methyl sites for hydroxylation is 2. The third-order valence-electron chi connectivity index (χ3n) is 3.44.